The van der Waals surface area contributed by atoms with E-state index < -0.39 is 6.10 Å². The van der Waals surface area contributed by atoms with Gasteiger partial charge in [0.15, 0.2) is 0 Å². The van der Waals surface area contributed by atoms with Gasteiger partial charge < -0.3 is 14.7 Å². The number of hydrogen-bond acceptors (Lipinski definition) is 3. The van der Waals surface area contributed by atoms with Crippen LogP contribution in [0.15, 0.2) is 18.2 Å². The second kappa shape index (κ2) is 7.47. The van der Waals surface area contributed by atoms with Crippen LogP contribution in [0.5, 0.6) is 5.75 Å². The van der Waals surface area contributed by atoms with E-state index in [1.807, 2.05) is 6.07 Å². The molecule has 0 spiro atoms. The van der Waals surface area contributed by atoms with Gasteiger partial charge in [0.25, 0.3) is 0 Å². The highest BCUT2D eigenvalue weighted by molar-refractivity contribution is 5.41. The van der Waals surface area contributed by atoms with Crippen LogP contribution < -0.4 is 4.74 Å². The topological polar surface area (TPSA) is 32.7 Å². The van der Waals surface area contributed by atoms with Crippen LogP contribution in [-0.4, -0.2) is 36.8 Å². The number of nitrogens with zero attached hydrogens (tertiary/aromatic N) is 1. The minimum absolute atomic E-state index is 0.0770. The van der Waals surface area contributed by atoms with Crippen molar-refractivity contribution in [1.82, 2.24) is 4.90 Å². The average Bonchev–Trinajstić information content (AvgIpc) is 2.52. The Balaban J connectivity index is 2.07. The Bertz CT molecular complexity index is 473. The van der Waals surface area contributed by atoms with E-state index in [0.29, 0.717) is 0 Å². The molecule has 3 heteroatoms. The molecule has 0 aromatic heterocycles. The number of hydrogen-bond donors (Lipinski definition) is 1. The van der Waals surface area contributed by atoms with Crippen molar-refractivity contribution >= 4 is 0 Å². The third-order valence-electron chi connectivity index (χ3n) is 4.62. The molecular weight excluding hydrogens is 274 g/mol. The van der Waals surface area contributed by atoms with E-state index in [1.54, 1.807) is 7.11 Å². The summed E-state index contributed by atoms with van der Waals surface area (Å²) in [7, 11) is 1.67. The molecule has 0 radical (unpaired) electrons. The van der Waals surface area contributed by atoms with Crippen molar-refractivity contribution in [3.63, 3.8) is 0 Å². The number of methoxy groups -OCH3 is 1. The lowest BCUT2D eigenvalue weighted by atomic mass is 9.85. The fourth-order valence-electron chi connectivity index (χ4n) is 3.10. The summed E-state index contributed by atoms with van der Waals surface area (Å²) in [4.78, 5) is 2.47. The van der Waals surface area contributed by atoms with Crippen molar-refractivity contribution in [3.05, 3.63) is 29.3 Å². The van der Waals surface area contributed by atoms with Crippen LogP contribution in [0.1, 0.15) is 63.7 Å². The first-order valence-corrected chi connectivity index (χ1v) is 8.50. The van der Waals surface area contributed by atoms with Crippen LogP contribution in [-0.2, 0) is 5.41 Å². The lowest BCUT2D eigenvalue weighted by Crippen LogP contribution is -2.31. The number of ether oxygens (including phenoxy) is 1. The van der Waals surface area contributed by atoms with Crippen LogP contribution in [0.3, 0.4) is 0 Å². The molecule has 1 N–H and O–H groups in total. The van der Waals surface area contributed by atoms with Gasteiger partial charge in [-0.25, -0.2) is 0 Å². The number of piperidine rings is 1. The normalized spacial score (nSPS) is 18.2. The molecule has 1 aromatic carbocycles. The van der Waals surface area contributed by atoms with Gasteiger partial charge in [-0.2, -0.15) is 0 Å². The molecule has 1 fully saturated rings. The number of benzene rings is 1. The molecule has 1 heterocycles. The molecule has 1 aliphatic heterocycles. The Morgan fingerprint density at radius 1 is 1.18 bits per heavy atom. The van der Waals surface area contributed by atoms with E-state index in [-0.39, 0.29) is 5.41 Å². The van der Waals surface area contributed by atoms with Crippen molar-refractivity contribution < 1.29 is 9.84 Å². The Kier molecular flexibility index (Phi) is 5.87. The van der Waals surface area contributed by atoms with Crippen LogP contribution in [0.25, 0.3) is 0 Å². The average molecular weight is 305 g/mol. The SMILES string of the molecule is COc1ccc(C(C)(C)C)cc1C(O)CCN1CCCCC1. The Morgan fingerprint density at radius 3 is 2.45 bits per heavy atom. The van der Waals surface area contributed by atoms with Gasteiger partial charge in [0.2, 0.25) is 0 Å². The van der Waals surface area contributed by atoms with E-state index in [4.69, 9.17) is 4.74 Å². The zero-order valence-corrected chi connectivity index (χ0v) is 14.6. The predicted octanol–water partition coefficient (Wildman–Crippen LogP) is 3.90. The monoisotopic (exact) mass is 305 g/mol. The minimum Gasteiger partial charge on any atom is -0.496 e. The summed E-state index contributed by atoms with van der Waals surface area (Å²) >= 11 is 0. The lowest BCUT2D eigenvalue weighted by Gasteiger charge is -2.28. The number of aliphatic hydroxyl groups is 1. The molecule has 0 aliphatic carbocycles. The molecular formula is C19H31NO2. The summed E-state index contributed by atoms with van der Waals surface area (Å²) in [6.45, 7) is 9.89. The Labute approximate surface area is 135 Å². The molecule has 1 unspecified atom stereocenters. The van der Waals surface area contributed by atoms with Gasteiger partial charge in [0.05, 0.1) is 13.2 Å². The van der Waals surface area contributed by atoms with Crippen molar-refractivity contribution in [2.24, 2.45) is 0 Å². The van der Waals surface area contributed by atoms with E-state index >= 15 is 0 Å². The quantitative estimate of drug-likeness (QED) is 0.895. The maximum absolute atomic E-state index is 10.6. The van der Waals surface area contributed by atoms with Gasteiger partial charge in [-0.1, -0.05) is 33.3 Å². The van der Waals surface area contributed by atoms with Crippen molar-refractivity contribution in [2.75, 3.05) is 26.7 Å². The molecule has 1 aromatic rings. The van der Waals surface area contributed by atoms with Gasteiger partial charge in [0, 0.05) is 12.1 Å². The van der Waals surface area contributed by atoms with Crippen molar-refractivity contribution in [2.45, 2.75) is 58.0 Å². The summed E-state index contributed by atoms with van der Waals surface area (Å²) in [6, 6.07) is 6.19. The second-order valence-corrected chi connectivity index (χ2v) is 7.41. The summed E-state index contributed by atoms with van der Waals surface area (Å²) in [6.07, 6.45) is 4.24. The highest BCUT2D eigenvalue weighted by Gasteiger charge is 2.20. The third-order valence-corrected chi connectivity index (χ3v) is 4.62. The summed E-state index contributed by atoms with van der Waals surface area (Å²) in [5, 5.41) is 10.6. The molecule has 1 saturated heterocycles. The molecule has 0 amide bonds. The van der Waals surface area contributed by atoms with Crippen molar-refractivity contribution in [1.29, 1.82) is 0 Å². The van der Waals surface area contributed by atoms with Crippen LogP contribution in [0.2, 0.25) is 0 Å². The van der Waals surface area contributed by atoms with Gasteiger partial charge in [0.1, 0.15) is 5.75 Å². The lowest BCUT2D eigenvalue weighted by molar-refractivity contribution is 0.131. The Morgan fingerprint density at radius 2 is 1.86 bits per heavy atom. The molecule has 0 bridgehead atoms. The van der Waals surface area contributed by atoms with Crippen LogP contribution in [0, 0.1) is 0 Å². The zero-order chi connectivity index (χ0) is 16.2. The van der Waals surface area contributed by atoms with Crippen LogP contribution >= 0.6 is 0 Å². The summed E-state index contributed by atoms with van der Waals surface area (Å²) < 4.78 is 5.45. The summed E-state index contributed by atoms with van der Waals surface area (Å²) in [5.74, 6) is 0.791. The zero-order valence-electron chi connectivity index (χ0n) is 14.6. The molecule has 1 aliphatic rings. The van der Waals surface area contributed by atoms with E-state index in [1.165, 1.54) is 37.9 Å². The van der Waals surface area contributed by atoms with Gasteiger partial charge >= 0.3 is 0 Å². The van der Waals surface area contributed by atoms with E-state index in [9.17, 15) is 5.11 Å². The second-order valence-electron chi connectivity index (χ2n) is 7.41. The van der Waals surface area contributed by atoms with E-state index in [0.717, 1.165) is 24.3 Å². The van der Waals surface area contributed by atoms with Crippen LogP contribution in [0.4, 0.5) is 0 Å². The summed E-state index contributed by atoms with van der Waals surface area (Å²) in [5.41, 5.74) is 2.24. The first kappa shape index (κ1) is 17.3. The molecule has 22 heavy (non-hydrogen) atoms. The van der Waals surface area contributed by atoms with E-state index in [2.05, 4.69) is 37.8 Å². The minimum atomic E-state index is -0.459. The highest BCUT2D eigenvalue weighted by Crippen LogP contribution is 2.33. The number of aliphatic hydroxyl groups excluding tert-OH is 1. The van der Waals surface area contributed by atoms with Crippen molar-refractivity contribution in [3.8, 4) is 5.75 Å². The number of likely N-dealkylation sites (tertiary alicyclic amines) is 1. The molecule has 0 saturated carbocycles. The molecule has 124 valence electrons. The smallest absolute Gasteiger partial charge is 0.124 e. The molecule has 3 nitrogen and oxygen atoms in total. The van der Waals surface area contributed by atoms with Gasteiger partial charge in [-0.05, 0) is 55.5 Å². The third kappa shape index (κ3) is 4.47. The predicted molar refractivity (Wildman–Crippen MR) is 91.6 cm³/mol. The fraction of sp³-hybridized carbons (Fsp3) is 0.684. The van der Waals surface area contributed by atoms with Gasteiger partial charge in [-0.15, -0.1) is 0 Å². The first-order chi connectivity index (χ1) is 10.4. The first-order valence-electron chi connectivity index (χ1n) is 8.50. The molecule has 2 rings (SSSR count). The largest absolute Gasteiger partial charge is 0.496 e. The highest BCUT2D eigenvalue weighted by atomic mass is 16.5. The number of rotatable bonds is 5. The fourth-order valence-corrected chi connectivity index (χ4v) is 3.10. The van der Waals surface area contributed by atoms with Gasteiger partial charge in [-0.3, -0.25) is 0 Å². The maximum atomic E-state index is 10.6. The Hall–Kier alpha value is -1.06. The standard InChI is InChI=1S/C19H31NO2/c1-19(2,3)15-8-9-18(22-4)16(14-15)17(21)10-13-20-11-6-5-7-12-20/h8-9,14,17,21H,5-7,10-13H2,1-4H3. The molecule has 1 atom stereocenters. The maximum Gasteiger partial charge on any atom is 0.124 e.